The van der Waals surface area contributed by atoms with E-state index in [4.69, 9.17) is 10.2 Å². The molecule has 4 aromatic carbocycles. The van der Waals surface area contributed by atoms with Gasteiger partial charge in [0, 0.05) is 22.2 Å². The molecule has 0 saturated carbocycles. The third-order valence-corrected chi connectivity index (χ3v) is 10.0. The second kappa shape index (κ2) is 14.7. The average molecular weight is 671 g/mol. The number of carbonyl (C=O) groups excluding carboxylic acids is 2. The fourth-order valence-corrected chi connectivity index (χ4v) is 6.24. The molecule has 1 amide bonds. The van der Waals surface area contributed by atoms with Crippen LogP contribution in [-0.2, 0) is 21.3 Å². The van der Waals surface area contributed by atoms with Crippen molar-refractivity contribution in [3.63, 3.8) is 0 Å². The van der Waals surface area contributed by atoms with E-state index in [9.17, 15) is 22.6 Å². The molecule has 1 heterocycles. The minimum absolute atomic E-state index is 0. The van der Waals surface area contributed by atoms with E-state index >= 15 is 0 Å². The first-order chi connectivity index (χ1) is 22.5. The minimum Gasteiger partial charge on any atom is -0.746 e. The monoisotopic (exact) mass is 670 g/mol. The van der Waals surface area contributed by atoms with E-state index in [1.54, 1.807) is 12.1 Å². The molecule has 3 N–H and O–H groups in total. The summed E-state index contributed by atoms with van der Waals surface area (Å²) >= 11 is 0. The molecular weight excluding hydrogens is 635 g/mol. The molecule has 1 aliphatic rings. The third-order valence-electron chi connectivity index (χ3n) is 8.78. The van der Waals surface area contributed by atoms with Crippen molar-refractivity contribution in [2.75, 3.05) is 5.32 Å². The summed E-state index contributed by atoms with van der Waals surface area (Å²) in [5, 5.41) is 4.07. The second-order valence-corrected chi connectivity index (χ2v) is 13.9. The van der Waals surface area contributed by atoms with Crippen molar-refractivity contribution in [1.29, 1.82) is 0 Å². The molecule has 0 saturated heterocycles. The number of ketones is 1. The van der Waals surface area contributed by atoms with Gasteiger partial charge in [-0.25, -0.2) is 8.42 Å². The van der Waals surface area contributed by atoms with Crippen LogP contribution in [0.15, 0.2) is 114 Å². The maximum Gasteiger partial charge on any atom is 1.00 e. The molecule has 0 bridgehead atoms. The average Bonchev–Trinajstić information content (AvgIpc) is 3.52. The number of amides is 1. The van der Waals surface area contributed by atoms with Gasteiger partial charge in [-0.2, -0.15) is 0 Å². The van der Waals surface area contributed by atoms with Crippen LogP contribution in [-0.4, -0.2) is 29.5 Å². The number of nitrogens with one attached hydrogen (secondary N) is 1. The molecule has 48 heavy (non-hydrogen) atoms. The van der Waals surface area contributed by atoms with E-state index in [0.29, 0.717) is 12.1 Å². The van der Waals surface area contributed by atoms with Crippen LogP contribution in [0.2, 0.25) is 0 Å². The van der Waals surface area contributed by atoms with E-state index in [1.165, 1.54) is 24.1 Å². The van der Waals surface area contributed by atoms with Gasteiger partial charge in [-0.3, -0.25) is 9.59 Å². The predicted octanol–water partition coefficient (Wildman–Crippen LogP) is 4.43. The van der Waals surface area contributed by atoms with E-state index in [0.717, 1.165) is 65.2 Å². The molecule has 0 spiro atoms. The minimum atomic E-state index is -5.08. The van der Waals surface area contributed by atoms with Crippen LogP contribution in [0.25, 0.3) is 27.9 Å². The second-order valence-electron chi connectivity index (χ2n) is 12.2. The molecule has 1 aromatic heterocycles. The molecule has 2 unspecified atom stereocenters. The number of carbonyl (C=O) groups is 2. The zero-order chi connectivity index (χ0) is 33.2. The van der Waals surface area contributed by atoms with E-state index in [-0.39, 0.29) is 41.0 Å². The van der Waals surface area contributed by atoms with Gasteiger partial charge < -0.3 is 20.0 Å². The number of hydrogen-bond acceptors (Lipinski definition) is 7. The Bertz CT molecular complexity index is 2030. The van der Waals surface area contributed by atoms with Crippen molar-refractivity contribution >= 4 is 44.0 Å². The summed E-state index contributed by atoms with van der Waals surface area (Å²) in [7, 11) is -5.08. The summed E-state index contributed by atoms with van der Waals surface area (Å²) in [6, 6.07) is 31.5. The van der Waals surface area contributed by atoms with Gasteiger partial charge in [0.2, 0.25) is 5.91 Å². The molecular formula is C38H35N2NaO6S. The van der Waals surface area contributed by atoms with Gasteiger partial charge in [-0.1, -0.05) is 72.8 Å². The molecule has 10 heteroatoms. The largest absolute Gasteiger partial charge is 1.00 e. The topological polar surface area (TPSA) is 143 Å². The van der Waals surface area contributed by atoms with Gasteiger partial charge in [0.1, 0.15) is 21.5 Å². The van der Waals surface area contributed by atoms with Gasteiger partial charge in [0.25, 0.3) is 0 Å². The number of benzene rings is 4. The van der Waals surface area contributed by atoms with Gasteiger partial charge in [0.15, 0.2) is 10.7 Å². The van der Waals surface area contributed by atoms with Crippen molar-refractivity contribution in [3.8, 4) is 11.3 Å². The number of Topliss-reactive ketones (excluding diaryl/α,β-unsaturated/α-hetero) is 1. The number of furan rings is 1. The molecule has 2 atom stereocenters. The van der Waals surface area contributed by atoms with Crippen LogP contribution in [0.4, 0.5) is 5.69 Å². The molecule has 6 rings (SSSR count). The normalized spacial score (nSPS) is 15.1. The van der Waals surface area contributed by atoms with Crippen LogP contribution < -0.4 is 40.6 Å². The fraction of sp³-hybridized carbons (Fsp3) is 0.211. The van der Waals surface area contributed by atoms with E-state index < -0.39 is 26.7 Å². The Labute approximate surface area is 302 Å². The van der Waals surface area contributed by atoms with Gasteiger partial charge >= 0.3 is 29.6 Å². The Hall–Kier alpha value is -3.83. The standard InChI is InChI=1S/C38H36N2O6S.Na/c1-38(39,47(43,44)45)36(41)30-13-11-25(12-14-30)23-33(28-17-15-27(16-18-28)26-7-3-2-4-8-26)37(42)40-32-21-19-29(20-22-32)35-24-31-9-5-6-10-34(31)46-35;/h5-7,9-22,24,33H,2-4,8,23,39H2,1H3,(H,40,42)(H,43,44,45);/q;+1/p-1. The van der Waals surface area contributed by atoms with Crippen molar-refractivity contribution in [3.05, 3.63) is 131 Å². The Morgan fingerprint density at radius 1 is 0.917 bits per heavy atom. The first-order valence-corrected chi connectivity index (χ1v) is 17.0. The fourth-order valence-electron chi connectivity index (χ4n) is 5.89. The van der Waals surface area contributed by atoms with Crippen molar-refractivity contribution in [1.82, 2.24) is 0 Å². The summed E-state index contributed by atoms with van der Waals surface area (Å²) in [6.45, 7) is 0.891. The number of fused-ring (bicyclic) bond motifs is 1. The first kappa shape index (κ1) is 35.5. The van der Waals surface area contributed by atoms with Crippen LogP contribution in [0.5, 0.6) is 0 Å². The molecule has 8 nitrogen and oxygen atoms in total. The third kappa shape index (κ3) is 7.73. The van der Waals surface area contributed by atoms with Gasteiger partial charge in [-0.05, 0) is 97.7 Å². The Kier molecular flexibility index (Phi) is 10.9. The number of anilines is 1. The van der Waals surface area contributed by atoms with Crippen molar-refractivity contribution < 1.29 is 56.5 Å². The molecule has 0 radical (unpaired) electrons. The number of nitrogens with two attached hydrogens (primary N) is 1. The number of para-hydroxylation sites is 1. The summed E-state index contributed by atoms with van der Waals surface area (Å²) < 4.78 is 40.7. The summed E-state index contributed by atoms with van der Waals surface area (Å²) in [5.74, 6) is -1.05. The van der Waals surface area contributed by atoms with Gasteiger partial charge in [0.05, 0.1) is 5.92 Å². The Balaban J connectivity index is 0.00000451. The van der Waals surface area contributed by atoms with Crippen molar-refractivity contribution in [2.24, 2.45) is 5.73 Å². The first-order valence-electron chi connectivity index (χ1n) is 15.6. The number of rotatable bonds is 10. The number of allylic oxidation sites excluding steroid dienone is 2. The van der Waals surface area contributed by atoms with Crippen LogP contribution >= 0.6 is 0 Å². The van der Waals surface area contributed by atoms with Crippen LogP contribution in [0.1, 0.15) is 65.6 Å². The molecule has 0 fully saturated rings. The molecule has 0 aliphatic heterocycles. The molecule has 1 aliphatic carbocycles. The SMILES string of the molecule is CC(N)(C(=O)c1ccc(CC(C(=O)Nc2ccc(-c3cc4ccccc4o3)cc2)c2ccc(C3=CCCCC3)cc2)cc1)S(=O)(=O)[O-].[Na+]. The Morgan fingerprint density at radius 2 is 1.58 bits per heavy atom. The predicted molar refractivity (Wildman–Crippen MR) is 183 cm³/mol. The van der Waals surface area contributed by atoms with Crippen LogP contribution in [0, 0.1) is 0 Å². The zero-order valence-electron chi connectivity index (χ0n) is 26.9. The molecule has 5 aromatic rings. The zero-order valence-corrected chi connectivity index (χ0v) is 29.8. The Morgan fingerprint density at radius 3 is 2.21 bits per heavy atom. The quantitative estimate of drug-likeness (QED) is 0.127. The van der Waals surface area contributed by atoms with E-state index in [1.807, 2.05) is 66.7 Å². The van der Waals surface area contributed by atoms with Crippen molar-refractivity contribution in [2.45, 2.75) is 49.8 Å². The number of hydrogen-bond donors (Lipinski definition) is 2. The summed E-state index contributed by atoms with van der Waals surface area (Å²) in [4.78, 5) is 24.0. The maximum absolute atomic E-state index is 13.9. The van der Waals surface area contributed by atoms with Gasteiger partial charge in [-0.15, -0.1) is 0 Å². The molecule has 240 valence electrons. The summed E-state index contributed by atoms with van der Waals surface area (Å²) in [5.41, 5.74) is 11.9. The van der Waals surface area contributed by atoms with E-state index in [2.05, 4.69) is 23.5 Å². The van der Waals surface area contributed by atoms with Crippen LogP contribution in [0.3, 0.4) is 0 Å². The summed E-state index contributed by atoms with van der Waals surface area (Å²) in [6.07, 6.45) is 7.05. The maximum atomic E-state index is 13.9. The smallest absolute Gasteiger partial charge is 0.746 e.